The molecule has 0 amide bonds. The lowest BCUT2D eigenvalue weighted by Gasteiger charge is -2.13. The van der Waals surface area contributed by atoms with E-state index in [9.17, 15) is 9.59 Å². The molecule has 0 N–H and O–H groups in total. The Morgan fingerprint density at radius 1 is 0.897 bits per heavy atom. The van der Waals surface area contributed by atoms with Gasteiger partial charge in [-0.2, -0.15) is 0 Å². The number of rotatable bonds is 7. The number of carbonyl (C=O) groups is 2. The lowest BCUT2D eigenvalue weighted by atomic mass is 10.0. The minimum Gasteiger partial charge on any atom is -0.496 e. The van der Waals surface area contributed by atoms with Crippen molar-refractivity contribution >= 4 is 17.5 Å². The minimum atomic E-state index is -0.537. The Balaban J connectivity index is 2.35. The average molecular weight is 396 g/mol. The summed E-state index contributed by atoms with van der Waals surface area (Å²) in [5, 5.41) is 0. The van der Waals surface area contributed by atoms with E-state index in [1.807, 2.05) is 6.08 Å². The van der Waals surface area contributed by atoms with Gasteiger partial charge in [0.25, 0.3) is 0 Å². The first kappa shape index (κ1) is 21.9. The van der Waals surface area contributed by atoms with Crippen molar-refractivity contribution in [3.8, 4) is 5.75 Å². The maximum Gasteiger partial charge on any atom is 0.338 e. The van der Waals surface area contributed by atoms with Gasteiger partial charge >= 0.3 is 11.9 Å². The first-order valence-corrected chi connectivity index (χ1v) is 8.83. The van der Waals surface area contributed by atoms with E-state index >= 15 is 0 Å². The smallest absolute Gasteiger partial charge is 0.338 e. The van der Waals surface area contributed by atoms with Crippen LogP contribution in [0.5, 0.6) is 5.75 Å². The molecule has 1 aliphatic rings. The van der Waals surface area contributed by atoms with Gasteiger partial charge in [0.2, 0.25) is 0 Å². The molecule has 6 nitrogen and oxygen atoms in total. The molecule has 152 valence electrons. The maximum atomic E-state index is 11.9. The number of hydrogen-bond donors (Lipinski definition) is 0. The molecule has 6 heteroatoms. The van der Waals surface area contributed by atoms with Crippen molar-refractivity contribution in [1.82, 2.24) is 0 Å². The second-order valence-electron chi connectivity index (χ2n) is 6.43. The monoisotopic (exact) mass is 396 g/mol. The molecule has 1 atom stereocenters. The Morgan fingerprint density at radius 2 is 1.48 bits per heavy atom. The van der Waals surface area contributed by atoms with Gasteiger partial charge in [-0.05, 0) is 43.7 Å². The second-order valence-corrected chi connectivity index (χ2v) is 6.43. The molecular weight excluding hydrogens is 372 g/mol. The Hall–Kier alpha value is -3.38. The lowest BCUT2D eigenvalue weighted by Crippen LogP contribution is -2.08. The molecule has 0 heterocycles. The Labute approximate surface area is 170 Å². The minimum absolute atomic E-state index is 0.282. The normalized spacial score (nSPS) is 15.9. The number of hydrogen-bond acceptors (Lipinski definition) is 6. The molecule has 0 radical (unpaired) electrons. The van der Waals surface area contributed by atoms with E-state index in [0.29, 0.717) is 22.8 Å². The first-order chi connectivity index (χ1) is 13.7. The predicted octanol–water partition coefficient (Wildman–Crippen LogP) is 4.11. The third-order valence-corrected chi connectivity index (χ3v) is 3.97. The van der Waals surface area contributed by atoms with Crippen LogP contribution in [-0.4, -0.2) is 32.3 Å². The van der Waals surface area contributed by atoms with Crippen LogP contribution in [0.3, 0.4) is 0 Å². The number of methoxy groups -OCH3 is 2. The van der Waals surface area contributed by atoms with E-state index in [4.69, 9.17) is 18.9 Å². The van der Waals surface area contributed by atoms with Crippen molar-refractivity contribution in [2.75, 3.05) is 14.2 Å². The highest BCUT2D eigenvalue weighted by atomic mass is 16.5. The first-order valence-electron chi connectivity index (χ1n) is 8.83. The Morgan fingerprint density at radius 3 is 2.00 bits per heavy atom. The molecule has 0 saturated heterocycles. The quantitative estimate of drug-likeness (QED) is 0.392. The molecule has 0 fully saturated rings. The molecule has 0 aromatic heterocycles. The Kier molecular flexibility index (Phi) is 7.33. The highest BCUT2D eigenvalue weighted by Crippen LogP contribution is 2.30. The van der Waals surface area contributed by atoms with Crippen LogP contribution < -0.4 is 4.74 Å². The number of esters is 2. The van der Waals surface area contributed by atoms with Crippen LogP contribution in [0, 0.1) is 0 Å². The summed E-state index contributed by atoms with van der Waals surface area (Å²) in [5.74, 6) is 0.148. The summed E-state index contributed by atoms with van der Waals surface area (Å²) in [6.45, 7) is 10.3. The van der Waals surface area contributed by atoms with Crippen LogP contribution >= 0.6 is 0 Å². The zero-order valence-corrected chi connectivity index (χ0v) is 17.0. The second kappa shape index (κ2) is 9.71. The summed E-state index contributed by atoms with van der Waals surface area (Å²) in [6.07, 6.45) is 4.66. The van der Waals surface area contributed by atoms with Crippen molar-refractivity contribution < 1.29 is 28.5 Å². The van der Waals surface area contributed by atoms with Gasteiger partial charge in [-0.1, -0.05) is 25.3 Å². The third-order valence-electron chi connectivity index (χ3n) is 3.97. The van der Waals surface area contributed by atoms with Gasteiger partial charge in [-0.25, -0.2) is 9.59 Å². The van der Waals surface area contributed by atoms with Crippen molar-refractivity contribution in [2.24, 2.45) is 0 Å². The summed E-state index contributed by atoms with van der Waals surface area (Å²) < 4.78 is 21.5. The highest BCUT2D eigenvalue weighted by molar-refractivity contribution is 5.89. The van der Waals surface area contributed by atoms with Crippen LogP contribution in [0.2, 0.25) is 0 Å². The van der Waals surface area contributed by atoms with Crippen LogP contribution in [0.1, 0.15) is 19.4 Å². The summed E-state index contributed by atoms with van der Waals surface area (Å²) in [5.41, 5.74) is 2.13. The van der Waals surface area contributed by atoms with E-state index in [2.05, 4.69) is 13.2 Å². The number of allylic oxidation sites excluding steroid dienone is 2. The van der Waals surface area contributed by atoms with Crippen molar-refractivity contribution in [1.29, 1.82) is 0 Å². The molecule has 0 spiro atoms. The zero-order valence-electron chi connectivity index (χ0n) is 17.0. The van der Waals surface area contributed by atoms with E-state index in [0.717, 1.165) is 11.1 Å². The number of ether oxygens (including phenoxy) is 4. The van der Waals surface area contributed by atoms with E-state index in [1.165, 1.54) is 7.11 Å². The SMILES string of the molecule is C=C(C)C(=O)OC1=CC(OC)C=C(c2ccc(OC(=O)C(=C)C)cc2)C(OC)=C1. The topological polar surface area (TPSA) is 71.1 Å². The molecule has 0 aliphatic heterocycles. The standard InChI is InChI=1S/C23H24O6/c1-14(2)22(24)28-17-9-7-16(8-10-17)20-12-18(26-5)11-19(13-21(20)27-6)29-23(25)15(3)4/h7-13,18H,1,3H2,2,4-6H3. The fraction of sp³-hybridized carbons (Fsp3) is 0.217. The van der Waals surface area contributed by atoms with Crippen LogP contribution in [0.15, 0.2) is 78.3 Å². The fourth-order valence-corrected chi connectivity index (χ4v) is 2.41. The molecule has 1 aromatic carbocycles. The number of benzene rings is 1. The summed E-state index contributed by atoms with van der Waals surface area (Å²) in [6, 6.07) is 6.92. The maximum absolute atomic E-state index is 11.9. The summed E-state index contributed by atoms with van der Waals surface area (Å²) in [7, 11) is 3.07. The molecule has 1 aliphatic carbocycles. The highest BCUT2D eigenvalue weighted by Gasteiger charge is 2.19. The van der Waals surface area contributed by atoms with Crippen LogP contribution in [-0.2, 0) is 23.8 Å². The fourth-order valence-electron chi connectivity index (χ4n) is 2.41. The van der Waals surface area contributed by atoms with Crippen molar-refractivity contribution in [3.63, 3.8) is 0 Å². The summed E-state index contributed by atoms with van der Waals surface area (Å²) in [4.78, 5) is 23.6. The molecular formula is C23H24O6. The summed E-state index contributed by atoms with van der Waals surface area (Å²) >= 11 is 0. The van der Waals surface area contributed by atoms with Gasteiger partial charge in [0.05, 0.1) is 13.2 Å². The zero-order chi connectivity index (χ0) is 21.6. The van der Waals surface area contributed by atoms with Crippen LogP contribution in [0.4, 0.5) is 0 Å². The molecule has 29 heavy (non-hydrogen) atoms. The molecule has 0 bridgehead atoms. The van der Waals surface area contributed by atoms with Gasteiger partial charge in [0.1, 0.15) is 17.3 Å². The van der Waals surface area contributed by atoms with Crippen molar-refractivity contribution in [3.05, 3.63) is 83.9 Å². The van der Waals surface area contributed by atoms with Gasteiger partial charge in [0, 0.05) is 29.9 Å². The molecule has 1 unspecified atom stereocenters. The number of carbonyl (C=O) groups excluding carboxylic acids is 2. The molecule has 0 saturated carbocycles. The van der Waals surface area contributed by atoms with Gasteiger partial charge < -0.3 is 18.9 Å². The van der Waals surface area contributed by atoms with E-state index in [1.54, 1.807) is 57.4 Å². The third kappa shape index (κ3) is 5.80. The van der Waals surface area contributed by atoms with Gasteiger partial charge in [-0.15, -0.1) is 0 Å². The molecule has 2 rings (SSSR count). The Bertz CT molecular complexity index is 915. The largest absolute Gasteiger partial charge is 0.496 e. The predicted molar refractivity (Wildman–Crippen MR) is 110 cm³/mol. The van der Waals surface area contributed by atoms with Gasteiger partial charge in [0.15, 0.2) is 0 Å². The van der Waals surface area contributed by atoms with E-state index < -0.39 is 18.0 Å². The van der Waals surface area contributed by atoms with E-state index in [-0.39, 0.29) is 5.57 Å². The van der Waals surface area contributed by atoms with Crippen molar-refractivity contribution in [2.45, 2.75) is 20.0 Å². The molecule has 1 aromatic rings. The van der Waals surface area contributed by atoms with Crippen LogP contribution in [0.25, 0.3) is 5.57 Å². The average Bonchev–Trinajstić information content (AvgIpc) is 2.87. The lowest BCUT2D eigenvalue weighted by molar-refractivity contribution is -0.134. The van der Waals surface area contributed by atoms with Gasteiger partial charge in [-0.3, -0.25) is 0 Å².